The number of amides is 14. The van der Waals surface area contributed by atoms with Crippen molar-refractivity contribution in [2.24, 2.45) is 23.3 Å². The minimum atomic E-state index is -1.86. The predicted molar refractivity (Wildman–Crippen MR) is 526 cm³/mol. The van der Waals surface area contributed by atoms with Crippen LogP contribution in [0.15, 0.2) is 110 Å². The normalized spacial score (nSPS) is 24.5. The van der Waals surface area contributed by atoms with E-state index in [1.54, 1.807) is 27.1 Å². The number of fused-ring (bicyclic) bond motifs is 6. The summed E-state index contributed by atoms with van der Waals surface area (Å²) in [6, 6.07) is 7.61. The lowest BCUT2D eigenvalue weighted by Crippen LogP contribution is -2.61. The second kappa shape index (κ2) is 53.5. The number of hydrogen-bond donors (Lipinski definition) is 17. The molecule has 19 N–H and O–H groups in total. The average molecular weight is 1990 g/mol. The van der Waals surface area contributed by atoms with Crippen molar-refractivity contribution in [3.63, 3.8) is 0 Å². The minimum Gasteiger partial charge on any atom is -0.508 e. The highest BCUT2D eigenvalue weighted by molar-refractivity contribution is 8.00. The number of aromatic amines is 2. The lowest BCUT2D eigenvalue weighted by molar-refractivity contribution is -0.149. The molecule has 3 saturated heterocycles. The van der Waals surface area contributed by atoms with E-state index in [4.69, 9.17) is 11.5 Å². The first-order valence-electron chi connectivity index (χ1n) is 49.3. The number of primary amides is 1. The van der Waals surface area contributed by atoms with Crippen LogP contribution in [0.1, 0.15) is 203 Å². The lowest BCUT2D eigenvalue weighted by atomic mass is 9.89. The third kappa shape index (κ3) is 30.2. The number of carboxylic acid groups (broad SMARTS) is 1. The number of H-pyrrole nitrogens is 2. The van der Waals surface area contributed by atoms with Crippen molar-refractivity contribution in [3.8, 4) is 5.75 Å². The number of aliphatic hydroxyl groups excluding tert-OH is 1. The number of likely N-dealkylation sites (N-methyl/N-ethyl adjacent to an activating group) is 1. The fourth-order valence-corrected chi connectivity index (χ4v) is 19.9. The summed E-state index contributed by atoms with van der Waals surface area (Å²) in [5.41, 5.74) is 14.3. The van der Waals surface area contributed by atoms with Crippen molar-refractivity contribution >= 4 is 128 Å². The SMILES string of the molecule is CCCC[C@H]1C(=O)N[C@@H](CC(C)C)C(=O)N[C@H](C(=O)NCC(N)=O)CSCC(=O)N[C@@H](Cc2ccc(O)cc2)C(=O)N2CCCC[C@H]2C(=O)N[C@@H](CC(=O)O)C(=O)N2CCC[C@H]2C(=O)N[C@@H](Cc2cnc[nH]2)C(=O)N[C@@H](CCCCN)C(=O)N2C[C@H](O)C[C@H]2C(=O)N[C@@H](Cc2c[nH]c3ccccc23)C(=O)C[C@@H](CCCCNC)C(=O)N[C@@H](Cc2cccc3ccccc23)c2nnnn2[C@@H](CCCC)C(=O)N1C. The number of ketones is 1. The van der Waals surface area contributed by atoms with Crippen LogP contribution >= 0.6 is 11.8 Å². The summed E-state index contributed by atoms with van der Waals surface area (Å²) in [7, 11) is 3.24. The van der Waals surface area contributed by atoms with E-state index in [1.807, 2.05) is 80.6 Å². The summed E-state index contributed by atoms with van der Waals surface area (Å²) in [4.78, 5) is 254. The van der Waals surface area contributed by atoms with Crippen molar-refractivity contribution in [1.82, 2.24) is 108 Å². The molecule has 43 heteroatoms. The van der Waals surface area contributed by atoms with E-state index >= 15 is 52.7 Å². The Hall–Kier alpha value is -13.3. The first-order valence-corrected chi connectivity index (χ1v) is 50.5. The zero-order valence-electron chi connectivity index (χ0n) is 81.4. The third-order valence-electron chi connectivity index (χ3n) is 26.6. The van der Waals surface area contributed by atoms with E-state index in [-0.39, 0.29) is 133 Å². The lowest BCUT2D eigenvalue weighted by Gasteiger charge is -2.38. The van der Waals surface area contributed by atoms with Crippen molar-refractivity contribution in [3.05, 3.63) is 138 Å². The summed E-state index contributed by atoms with van der Waals surface area (Å²) in [5, 5.41) is 76.5. The molecular weight excluding hydrogens is 1850 g/mol. The van der Waals surface area contributed by atoms with Gasteiger partial charge in [0.15, 0.2) is 11.6 Å². The van der Waals surface area contributed by atoms with Gasteiger partial charge in [0.1, 0.15) is 72.2 Å². The van der Waals surface area contributed by atoms with E-state index in [0.29, 0.717) is 92.1 Å². The van der Waals surface area contributed by atoms with Gasteiger partial charge in [0.05, 0.1) is 43.2 Å². The van der Waals surface area contributed by atoms with Crippen LogP contribution in [0.4, 0.5) is 0 Å². The summed E-state index contributed by atoms with van der Waals surface area (Å²) in [5.74, 6) is -16.3. The Balaban J connectivity index is 0.985. The second-order valence-electron chi connectivity index (χ2n) is 37.7. The molecule has 3 aromatic heterocycles. The van der Waals surface area contributed by atoms with Crippen LogP contribution < -0.4 is 64.6 Å². The van der Waals surface area contributed by atoms with Crippen LogP contribution in [0.2, 0.25) is 0 Å². The molecule has 4 aromatic carbocycles. The molecule has 0 spiro atoms. The Kier molecular flexibility index (Phi) is 41.1. The van der Waals surface area contributed by atoms with E-state index in [1.165, 1.54) is 58.3 Å². The number of rotatable bonds is 30. The molecule has 0 bridgehead atoms. The van der Waals surface area contributed by atoms with Gasteiger partial charge in [0, 0.05) is 106 Å². The van der Waals surface area contributed by atoms with Gasteiger partial charge in [-0.3, -0.25) is 76.7 Å². The van der Waals surface area contributed by atoms with Gasteiger partial charge in [-0.15, -0.1) is 16.9 Å². The number of phenolic OH excluding ortho intramolecular Hbond substituents is 1. The number of aliphatic carboxylic acids is 1. The maximum atomic E-state index is 16.1. The number of benzene rings is 4. The fourth-order valence-electron chi connectivity index (χ4n) is 19.0. The van der Waals surface area contributed by atoms with Crippen LogP contribution in [0.3, 0.4) is 0 Å². The van der Waals surface area contributed by atoms with E-state index in [9.17, 15) is 39.3 Å². The number of imidazole rings is 1. The number of unbranched alkanes of at least 4 members (excludes halogenated alkanes) is 4. The number of piperidine rings is 1. The summed E-state index contributed by atoms with van der Waals surface area (Å²) < 4.78 is 1.35. The Labute approximate surface area is 828 Å². The van der Waals surface area contributed by atoms with Crippen LogP contribution in [-0.4, -0.2) is 302 Å². The number of phenols is 1. The van der Waals surface area contributed by atoms with Gasteiger partial charge in [-0.05, 0) is 166 Å². The molecule has 7 aromatic rings. The average Bonchev–Trinajstić information content (AvgIpc) is 1.52. The van der Waals surface area contributed by atoms with Gasteiger partial charge in [-0.25, -0.2) is 9.67 Å². The first-order chi connectivity index (χ1) is 68.3. The molecule has 0 saturated carbocycles. The summed E-state index contributed by atoms with van der Waals surface area (Å²) >= 11 is 0.828. The van der Waals surface area contributed by atoms with Crippen LogP contribution in [0.25, 0.3) is 21.7 Å². The molecule has 768 valence electrons. The first kappa shape index (κ1) is 109. The molecule has 3 fully saturated rings. The highest BCUT2D eigenvalue weighted by Crippen LogP contribution is 2.33. The van der Waals surface area contributed by atoms with E-state index in [2.05, 4.69) is 83.6 Å². The zero-order chi connectivity index (χ0) is 102. The molecule has 42 nitrogen and oxygen atoms in total. The molecule has 4 aliphatic heterocycles. The van der Waals surface area contributed by atoms with Gasteiger partial charge in [0.2, 0.25) is 82.7 Å². The number of thioether (sulfide) groups is 1. The second-order valence-corrected chi connectivity index (χ2v) is 38.7. The molecule has 0 aliphatic carbocycles. The maximum Gasteiger partial charge on any atom is 0.305 e. The Morgan fingerprint density at radius 2 is 1.21 bits per heavy atom. The molecule has 142 heavy (non-hydrogen) atoms. The number of tetrazole rings is 1. The maximum absolute atomic E-state index is 16.1. The number of nitrogens with zero attached hydrogens (tertiary/aromatic N) is 9. The molecule has 14 amide bonds. The largest absolute Gasteiger partial charge is 0.508 e. The predicted octanol–water partition coefficient (Wildman–Crippen LogP) is 2.30. The van der Waals surface area contributed by atoms with Gasteiger partial charge in [0.25, 0.3) is 0 Å². The standard InChI is InChI=1S/C99H137N23O19S/c1-7-9-31-78-92(134)111-73(43-58(3)4)90(132)114-77(89(131)105-53-84(101)126)55-142-56-85(127)107-75(44-59-35-37-65(123)38-36-59)97(139)119-41-20-17-33-79(119)94(136)113-76(50-86(128)129)98(140)120-42-22-34-80(120)93(135)112-74(48-64-52-103-57-106-64)91(133)108-70(30-15-18-39-100)96(138)121-54-66(124)49-82(121)95(137)109-71(46-63-51-104-69-29-14-13-28-68(63)69)83(125)47-62(24-16-19-40-102-5)88(130)110-72(45-61-26-21-25-60-23-11-12-27-67(60)61)87-115-116-117-122(87)81(32-10-8-2)99(141)118(78)6/h11-14,21,23,25-29,35-38,51-52,57-58,62,66,70-82,102,104,123-124H,7-10,15-20,22,24,30-34,39-50,53-56,100H2,1-6H3,(H2,101,126)(H,103,106)(H,105,131)(H,107,127)(H,108,133)(H,109,137)(H,110,130)(H,111,134)(H,112,135)(H,113,136)(H,114,132)(H,128,129)/t62-,66-,70+,71+,72+,73+,74+,75+,76+,77+,78+,79+,80+,81+,82+/m1/s1. The number of aromatic hydroxyl groups is 1. The number of para-hydroxylation sites is 1. The number of hydrogen-bond acceptors (Lipinski definition) is 25. The van der Waals surface area contributed by atoms with Gasteiger partial charge < -0.3 is 110 Å². The molecule has 15 atom stereocenters. The summed E-state index contributed by atoms with van der Waals surface area (Å²) in [6.07, 6.45) is 5.18. The highest BCUT2D eigenvalue weighted by Gasteiger charge is 2.47. The monoisotopic (exact) mass is 1980 g/mol. The molecule has 0 unspecified atom stereocenters. The van der Waals surface area contributed by atoms with Gasteiger partial charge in [-0.1, -0.05) is 133 Å². The molecular formula is C99H137N23O19S. The minimum absolute atomic E-state index is 0.0106. The third-order valence-corrected chi connectivity index (χ3v) is 27.6. The zero-order valence-corrected chi connectivity index (χ0v) is 82.2. The van der Waals surface area contributed by atoms with Crippen LogP contribution in [-0.2, 0) is 102 Å². The highest BCUT2D eigenvalue weighted by atomic mass is 32.2. The molecule has 7 heterocycles. The number of Topliss-reactive ketones (excluding diaryl/α,β-unsaturated/α-hetero) is 1. The summed E-state index contributed by atoms with van der Waals surface area (Å²) in [6.45, 7) is 6.81. The van der Waals surface area contributed by atoms with Crippen molar-refractivity contribution in [1.29, 1.82) is 0 Å². The quantitative estimate of drug-likeness (QED) is 0.0287. The van der Waals surface area contributed by atoms with Crippen molar-refractivity contribution in [2.45, 2.75) is 273 Å². The smallest absolute Gasteiger partial charge is 0.305 e. The fraction of sp³-hybridized carbons (Fsp3) is 0.556. The van der Waals surface area contributed by atoms with Gasteiger partial charge in [-0.2, -0.15) is 0 Å². The number of aliphatic hydroxyl groups is 1. The topological polar surface area (TPSA) is 607 Å². The van der Waals surface area contributed by atoms with Crippen molar-refractivity contribution in [2.75, 3.05) is 64.9 Å². The van der Waals surface area contributed by atoms with Gasteiger partial charge >= 0.3 is 5.97 Å². The number of nitrogens with two attached hydrogens (primary N) is 2. The van der Waals surface area contributed by atoms with Crippen LogP contribution in [0.5, 0.6) is 5.75 Å². The van der Waals surface area contributed by atoms with Crippen molar-refractivity contribution < 1.29 is 92.0 Å². The van der Waals surface area contributed by atoms with E-state index in [0.717, 1.165) is 37.9 Å². The Bertz CT molecular complexity index is 5520. The molecule has 4 aliphatic rings. The van der Waals surface area contributed by atoms with E-state index < -0.39 is 217 Å². The van der Waals surface area contributed by atoms with Crippen LogP contribution in [0, 0.1) is 11.8 Å². The number of carbonyl (C=O) groups excluding carboxylic acids is 15. The molecule has 0 radical (unpaired) electrons. The number of aromatic nitrogens is 7. The number of nitrogens with one attached hydrogen (secondary N) is 12. The number of carboxylic acids is 1. The number of carbonyl (C=O) groups is 16. The Morgan fingerprint density at radius 1 is 0.585 bits per heavy atom. The molecule has 11 rings (SSSR count). The Morgan fingerprint density at radius 3 is 1.91 bits per heavy atom.